The molecule has 0 spiro atoms. The van der Waals surface area contributed by atoms with Crippen molar-refractivity contribution < 1.29 is 0 Å². The van der Waals surface area contributed by atoms with Gasteiger partial charge in [0.2, 0.25) is 0 Å². The summed E-state index contributed by atoms with van der Waals surface area (Å²) < 4.78 is 0. The van der Waals surface area contributed by atoms with Crippen LogP contribution in [0.1, 0.15) is 61.2 Å². The number of aryl methyl sites for hydroxylation is 5. The molecule has 0 saturated carbocycles. The molecule has 0 amide bonds. The quantitative estimate of drug-likeness (QED) is 0.0390. The number of hydrazine groups is 3. The van der Waals surface area contributed by atoms with Crippen LogP contribution in [0, 0.1) is 34.6 Å². The van der Waals surface area contributed by atoms with E-state index in [4.69, 9.17) is 0 Å². The van der Waals surface area contributed by atoms with Crippen LogP contribution in [0.4, 0.5) is 0 Å². The van der Waals surface area contributed by atoms with Gasteiger partial charge in [-0.05, 0) is 104 Å². The lowest BCUT2D eigenvalue weighted by molar-refractivity contribution is 0.532. The summed E-state index contributed by atoms with van der Waals surface area (Å²) >= 11 is 0. The highest BCUT2D eigenvalue weighted by Gasteiger charge is 1.99. The van der Waals surface area contributed by atoms with Gasteiger partial charge in [0.15, 0.2) is 0 Å². The molecule has 0 aromatic heterocycles. The Balaban J connectivity index is 0.000000187. The van der Waals surface area contributed by atoms with Gasteiger partial charge in [-0.15, -0.1) is 0 Å². The Bertz CT molecular complexity index is 1940. The molecular weight excluding hydrogens is 685 g/mol. The first kappa shape index (κ1) is 43.8. The van der Waals surface area contributed by atoms with E-state index in [2.05, 4.69) is 213 Å². The van der Waals surface area contributed by atoms with Crippen LogP contribution in [-0.2, 0) is 38.9 Å². The lowest BCUT2D eigenvalue weighted by Gasteiger charge is -2.09. The van der Waals surface area contributed by atoms with E-state index in [0.717, 1.165) is 58.5 Å². The van der Waals surface area contributed by atoms with Crippen molar-refractivity contribution in [3.05, 3.63) is 213 Å². The predicted molar refractivity (Wildman–Crippen MR) is 238 cm³/mol. The molecule has 6 aromatic rings. The molecule has 0 bridgehead atoms. The molecule has 0 fully saturated rings. The topological polar surface area (TPSA) is 72.2 Å². The molecule has 6 heteroatoms. The zero-order valence-electron chi connectivity index (χ0n) is 34.3. The maximum absolute atomic E-state index is 3.28. The fraction of sp³-hybridized carbons (Fsp3) is 0.280. The minimum atomic E-state index is 0.856. The first-order valence-corrected chi connectivity index (χ1v) is 20.0. The Morgan fingerprint density at radius 1 is 0.304 bits per heavy atom. The summed E-state index contributed by atoms with van der Waals surface area (Å²) in [5, 5.41) is 0. The second-order valence-corrected chi connectivity index (χ2v) is 14.3. The minimum absolute atomic E-state index is 0.856. The molecule has 0 unspecified atom stereocenters. The van der Waals surface area contributed by atoms with Crippen molar-refractivity contribution in [2.75, 3.05) is 19.6 Å². The second-order valence-electron chi connectivity index (χ2n) is 14.3. The number of hydrogen-bond acceptors (Lipinski definition) is 6. The van der Waals surface area contributed by atoms with Gasteiger partial charge >= 0.3 is 0 Å². The van der Waals surface area contributed by atoms with Gasteiger partial charge < -0.3 is 0 Å². The van der Waals surface area contributed by atoms with Crippen LogP contribution in [0.25, 0.3) is 0 Å². The van der Waals surface area contributed by atoms with Crippen LogP contribution < -0.4 is 32.6 Å². The van der Waals surface area contributed by atoms with Crippen molar-refractivity contribution >= 4 is 0 Å². The van der Waals surface area contributed by atoms with Gasteiger partial charge in [-0.2, -0.15) is 0 Å². The lowest BCUT2D eigenvalue weighted by Crippen LogP contribution is -2.33. The third-order valence-electron chi connectivity index (χ3n) is 9.65. The number of rotatable bonds is 18. The Hall–Kier alpha value is -4.92. The Morgan fingerprint density at radius 3 is 1.29 bits per heavy atom. The van der Waals surface area contributed by atoms with E-state index in [0.29, 0.717) is 0 Å². The summed E-state index contributed by atoms with van der Waals surface area (Å²) in [7, 11) is 0. The molecule has 0 aliphatic heterocycles. The van der Waals surface area contributed by atoms with E-state index >= 15 is 0 Å². The van der Waals surface area contributed by atoms with Gasteiger partial charge in [0, 0.05) is 39.3 Å². The van der Waals surface area contributed by atoms with E-state index in [1.54, 1.807) is 0 Å². The fourth-order valence-electron chi connectivity index (χ4n) is 6.08. The first-order valence-electron chi connectivity index (χ1n) is 20.0. The standard InChI is InChI=1S/2C17H22N2.C16H20N2/c1-14-6-5-8-16(12-14)10-11-18-19-13-17-9-4-3-7-15(17)2;1-14-7-9-16(10-8-14)11-12-18-19-13-17-6-4-3-5-15(17)2;1-14-7-5-6-10-16(14)11-12-17-18-13-15-8-3-2-4-9-15/h3-9,12,18-19H,10-11,13H2,1-2H3;3-10,18-19H,11-13H2,1-2H3;2-10,17-18H,11-13H2,1H3. The summed E-state index contributed by atoms with van der Waals surface area (Å²) in [4.78, 5) is 0. The van der Waals surface area contributed by atoms with Gasteiger partial charge in [-0.3, -0.25) is 32.6 Å². The molecule has 0 radical (unpaired) electrons. The third kappa shape index (κ3) is 17.7. The zero-order valence-corrected chi connectivity index (χ0v) is 34.3. The van der Waals surface area contributed by atoms with Crippen molar-refractivity contribution in [1.82, 2.24) is 32.6 Å². The summed E-state index contributed by atoms with van der Waals surface area (Å²) in [5.74, 6) is 0. The van der Waals surface area contributed by atoms with E-state index in [-0.39, 0.29) is 0 Å². The fourth-order valence-corrected chi connectivity index (χ4v) is 6.08. The van der Waals surface area contributed by atoms with E-state index in [1.807, 2.05) is 6.07 Å². The third-order valence-corrected chi connectivity index (χ3v) is 9.65. The Kier molecular flexibility index (Phi) is 20.4. The zero-order chi connectivity index (χ0) is 39.6. The minimum Gasteiger partial charge on any atom is -0.257 e. The van der Waals surface area contributed by atoms with Crippen LogP contribution in [0.2, 0.25) is 0 Å². The van der Waals surface area contributed by atoms with Crippen molar-refractivity contribution in [2.24, 2.45) is 0 Å². The summed E-state index contributed by atoms with van der Waals surface area (Å²) in [6, 6.07) is 53.2. The van der Waals surface area contributed by atoms with E-state index in [1.165, 1.54) is 61.2 Å². The number of hydrogen-bond donors (Lipinski definition) is 6. The van der Waals surface area contributed by atoms with Crippen LogP contribution in [-0.4, -0.2) is 19.6 Å². The second kappa shape index (κ2) is 26.0. The highest BCUT2D eigenvalue weighted by atomic mass is 15.4. The van der Waals surface area contributed by atoms with Gasteiger partial charge in [-0.1, -0.05) is 163 Å². The lowest BCUT2D eigenvalue weighted by atomic mass is 10.1. The molecule has 0 aliphatic carbocycles. The van der Waals surface area contributed by atoms with Gasteiger partial charge in [0.1, 0.15) is 0 Å². The molecule has 56 heavy (non-hydrogen) atoms. The van der Waals surface area contributed by atoms with Crippen molar-refractivity contribution in [1.29, 1.82) is 0 Å². The van der Waals surface area contributed by atoms with E-state index in [9.17, 15) is 0 Å². The van der Waals surface area contributed by atoms with Crippen LogP contribution in [0.3, 0.4) is 0 Å². The van der Waals surface area contributed by atoms with Crippen LogP contribution in [0.15, 0.2) is 152 Å². The molecule has 6 rings (SSSR count). The molecule has 0 atom stereocenters. The molecule has 0 aliphatic rings. The predicted octanol–water partition coefficient (Wildman–Crippen LogP) is 9.11. The summed E-state index contributed by atoms with van der Waals surface area (Å²) in [6.07, 6.45) is 3.14. The van der Waals surface area contributed by atoms with Crippen molar-refractivity contribution in [2.45, 2.75) is 73.5 Å². The summed E-state index contributed by atoms with van der Waals surface area (Å²) in [5.41, 5.74) is 34.4. The molecule has 6 aromatic carbocycles. The molecule has 6 nitrogen and oxygen atoms in total. The molecule has 294 valence electrons. The van der Waals surface area contributed by atoms with Crippen LogP contribution in [0.5, 0.6) is 0 Å². The average Bonchev–Trinajstić information content (AvgIpc) is 3.21. The maximum atomic E-state index is 3.28. The van der Waals surface area contributed by atoms with Gasteiger partial charge in [-0.25, -0.2) is 0 Å². The average molecular weight is 749 g/mol. The van der Waals surface area contributed by atoms with Crippen LogP contribution >= 0.6 is 0 Å². The Morgan fingerprint density at radius 2 is 0.750 bits per heavy atom. The van der Waals surface area contributed by atoms with Gasteiger partial charge in [0.05, 0.1) is 0 Å². The molecule has 0 heterocycles. The van der Waals surface area contributed by atoms with Crippen molar-refractivity contribution in [3.8, 4) is 0 Å². The molecule has 6 N–H and O–H groups in total. The normalized spacial score (nSPS) is 10.6. The highest BCUT2D eigenvalue weighted by Crippen LogP contribution is 2.09. The molecular formula is C50H64N6. The van der Waals surface area contributed by atoms with Gasteiger partial charge in [0.25, 0.3) is 0 Å². The summed E-state index contributed by atoms with van der Waals surface area (Å²) in [6.45, 7) is 16.1. The highest BCUT2D eigenvalue weighted by molar-refractivity contribution is 5.27. The monoisotopic (exact) mass is 749 g/mol. The smallest absolute Gasteiger partial charge is 0.0353 e. The number of benzene rings is 6. The first-order chi connectivity index (χ1) is 27.4. The SMILES string of the molecule is Cc1ccc(CCNNCc2ccccc2C)cc1.Cc1cccc(CCNNCc2ccccc2C)c1.Cc1ccccc1CCNNCc1ccccc1. The van der Waals surface area contributed by atoms with Crippen molar-refractivity contribution in [3.63, 3.8) is 0 Å². The number of nitrogens with one attached hydrogen (secondary N) is 6. The maximum Gasteiger partial charge on any atom is 0.0353 e. The van der Waals surface area contributed by atoms with E-state index < -0.39 is 0 Å². The molecule has 0 saturated heterocycles. The largest absolute Gasteiger partial charge is 0.257 e. The Labute approximate surface area is 337 Å².